The van der Waals surface area contributed by atoms with E-state index in [4.69, 9.17) is 17.3 Å². The molecule has 23 heavy (non-hydrogen) atoms. The molecule has 1 amide bonds. The summed E-state index contributed by atoms with van der Waals surface area (Å²) < 4.78 is 4.64. The minimum Gasteiger partial charge on any atom is -0.465 e. The number of amides is 1. The molecule has 0 heterocycles. The third-order valence-electron chi connectivity index (χ3n) is 2.93. The lowest BCUT2D eigenvalue weighted by Crippen LogP contribution is -2.14. The molecule has 2 aromatic rings. The maximum Gasteiger partial charge on any atom is 0.339 e. The van der Waals surface area contributed by atoms with Crippen LogP contribution in [0.2, 0.25) is 5.02 Å². The Hall–Kier alpha value is -2.18. The van der Waals surface area contributed by atoms with E-state index in [-0.39, 0.29) is 22.2 Å². The van der Waals surface area contributed by atoms with Gasteiger partial charge in [-0.3, -0.25) is 4.79 Å². The maximum atomic E-state index is 12.0. The van der Waals surface area contributed by atoms with Gasteiger partial charge in [-0.25, -0.2) is 4.79 Å². The molecular formula is C16H15ClN2O3S. The quantitative estimate of drug-likeness (QED) is 0.490. The summed E-state index contributed by atoms with van der Waals surface area (Å²) in [4.78, 5) is 24.4. The fraction of sp³-hybridized carbons (Fsp3) is 0.125. The summed E-state index contributed by atoms with van der Waals surface area (Å²) in [5.74, 6) is -0.571. The third kappa shape index (κ3) is 4.64. The van der Waals surface area contributed by atoms with Gasteiger partial charge in [0, 0.05) is 16.3 Å². The van der Waals surface area contributed by atoms with Crippen LogP contribution in [-0.2, 0) is 9.53 Å². The van der Waals surface area contributed by atoms with Crippen molar-refractivity contribution in [2.45, 2.75) is 4.90 Å². The number of nitrogens with one attached hydrogen (secondary N) is 1. The molecule has 3 N–H and O–H groups in total. The zero-order valence-corrected chi connectivity index (χ0v) is 13.9. The van der Waals surface area contributed by atoms with E-state index in [0.29, 0.717) is 11.4 Å². The van der Waals surface area contributed by atoms with E-state index in [0.717, 1.165) is 4.90 Å². The van der Waals surface area contributed by atoms with Crippen LogP contribution in [0.5, 0.6) is 0 Å². The zero-order chi connectivity index (χ0) is 16.8. The van der Waals surface area contributed by atoms with Gasteiger partial charge in [-0.1, -0.05) is 23.7 Å². The summed E-state index contributed by atoms with van der Waals surface area (Å²) in [6.07, 6.45) is 0. The Morgan fingerprint density at radius 1 is 1.26 bits per heavy atom. The summed E-state index contributed by atoms with van der Waals surface area (Å²) in [7, 11) is 1.27. The molecule has 2 rings (SSSR count). The number of rotatable bonds is 5. The number of nitrogens with two attached hydrogens (primary N) is 1. The number of ether oxygens (including phenoxy) is 1. The second-order valence-electron chi connectivity index (χ2n) is 4.56. The Bertz CT molecular complexity index is 737. The molecular weight excluding hydrogens is 336 g/mol. The Morgan fingerprint density at radius 2 is 2.00 bits per heavy atom. The van der Waals surface area contributed by atoms with Crippen LogP contribution in [0.15, 0.2) is 47.4 Å². The predicted molar refractivity (Wildman–Crippen MR) is 93.0 cm³/mol. The zero-order valence-electron chi connectivity index (χ0n) is 12.3. The number of hydrogen-bond donors (Lipinski definition) is 2. The first-order chi connectivity index (χ1) is 11.0. The summed E-state index contributed by atoms with van der Waals surface area (Å²) in [5.41, 5.74) is 7.13. The number of halogens is 1. The lowest BCUT2D eigenvalue weighted by molar-refractivity contribution is -0.113. The Kier molecular flexibility index (Phi) is 5.90. The molecule has 0 atom stereocenters. The fourth-order valence-electron chi connectivity index (χ4n) is 1.82. The number of esters is 1. The Morgan fingerprint density at radius 3 is 2.70 bits per heavy atom. The summed E-state index contributed by atoms with van der Waals surface area (Å²) in [6, 6.07) is 12.0. The highest BCUT2D eigenvalue weighted by Gasteiger charge is 2.13. The summed E-state index contributed by atoms with van der Waals surface area (Å²) >= 11 is 7.27. The molecule has 0 unspecified atom stereocenters. The molecule has 0 fully saturated rings. The van der Waals surface area contributed by atoms with Crippen molar-refractivity contribution in [2.75, 3.05) is 23.9 Å². The highest BCUT2D eigenvalue weighted by atomic mass is 35.5. The van der Waals surface area contributed by atoms with Crippen LogP contribution in [0.3, 0.4) is 0 Å². The van der Waals surface area contributed by atoms with Crippen molar-refractivity contribution in [3.8, 4) is 0 Å². The molecule has 0 bridgehead atoms. The van der Waals surface area contributed by atoms with Crippen molar-refractivity contribution in [3.05, 3.63) is 53.1 Å². The number of thioether (sulfide) groups is 1. The smallest absolute Gasteiger partial charge is 0.339 e. The SMILES string of the molecule is COC(=O)c1cc(NC(=O)CSc2ccccc2N)ccc1Cl. The number of methoxy groups -OCH3 is 1. The normalized spacial score (nSPS) is 10.2. The molecule has 5 nitrogen and oxygen atoms in total. The van der Waals surface area contributed by atoms with Crippen LogP contribution in [0.25, 0.3) is 0 Å². The lowest BCUT2D eigenvalue weighted by atomic mass is 10.2. The van der Waals surface area contributed by atoms with Gasteiger partial charge in [0.15, 0.2) is 0 Å². The van der Waals surface area contributed by atoms with Crippen molar-refractivity contribution >= 4 is 46.6 Å². The lowest BCUT2D eigenvalue weighted by Gasteiger charge is -2.09. The number of anilines is 2. The van der Waals surface area contributed by atoms with Gasteiger partial charge in [0.05, 0.1) is 23.4 Å². The largest absolute Gasteiger partial charge is 0.465 e. The molecule has 120 valence electrons. The second-order valence-corrected chi connectivity index (χ2v) is 5.99. The van der Waals surface area contributed by atoms with Crippen molar-refractivity contribution < 1.29 is 14.3 Å². The summed E-state index contributed by atoms with van der Waals surface area (Å²) in [6.45, 7) is 0. The van der Waals surface area contributed by atoms with Crippen molar-refractivity contribution in [2.24, 2.45) is 0 Å². The third-order valence-corrected chi connectivity index (χ3v) is 4.35. The molecule has 0 spiro atoms. The summed E-state index contributed by atoms with van der Waals surface area (Å²) in [5, 5.41) is 2.98. The first kappa shape index (κ1) is 17.2. The van der Waals surface area contributed by atoms with E-state index in [9.17, 15) is 9.59 Å². The standard InChI is InChI=1S/C16H15ClN2O3S/c1-22-16(21)11-8-10(6-7-12(11)17)19-15(20)9-23-14-5-3-2-4-13(14)18/h2-8H,9,18H2,1H3,(H,19,20). The van der Waals surface area contributed by atoms with Gasteiger partial charge in [-0.15, -0.1) is 11.8 Å². The van der Waals surface area contributed by atoms with E-state index < -0.39 is 5.97 Å². The molecule has 0 aliphatic carbocycles. The first-order valence-electron chi connectivity index (χ1n) is 6.66. The van der Waals surface area contributed by atoms with Gasteiger partial charge in [0.25, 0.3) is 0 Å². The monoisotopic (exact) mass is 350 g/mol. The van der Waals surface area contributed by atoms with E-state index in [1.807, 2.05) is 18.2 Å². The van der Waals surface area contributed by atoms with Crippen molar-refractivity contribution in [1.29, 1.82) is 0 Å². The van der Waals surface area contributed by atoms with Gasteiger partial charge in [0.1, 0.15) is 0 Å². The van der Waals surface area contributed by atoms with Crippen molar-refractivity contribution in [1.82, 2.24) is 0 Å². The maximum absolute atomic E-state index is 12.0. The Balaban J connectivity index is 2.00. The minimum atomic E-state index is -0.558. The van der Waals surface area contributed by atoms with E-state index in [2.05, 4.69) is 10.1 Å². The van der Waals surface area contributed by atoms with Crippen LogP contribution in [-0.4, -0.2) is 24.7 Å². The van der Waals surface area contributed by atoms with Gasteiger partial charge >= 0.3 is 5.97 Å². The van der Waals surface area contributed by atoms with Gasteiger partial charge < -0.3 is 15.8 Å². The van der Waals surface area contributed by atoms with Crippen LogP contribution >= 0.6 is 23.4 Å². The van der Waals surface area contributed by atoms with Gasteiger partial charge in [-0.2, -0.15) is 0 Å². The Labute approximate surface area is 143 Å². The molecule has 0 radical (unpaired) electrons. The topological polar surface area (TPSA) is 81.4 Å². The number of carbonyl (C=O) groups is 2. The van der Waals surface area contributed by atoms with Gasteiger partial charge in [0.2, 0.25) is 5.91 Å². The number of carbonyl (C=O) groups excluding carboxylic acids is 2. The number of para-hydroxylation sites is 1. The first-order valence-corrected chi connectivity index (χ1v) is 8.02. The minimum absolute atomic E-state index is 0.199. The molecule has 7 heteroatoms. The van der Waals surface area contributed by atoms with Crippen LogP contribution < -0.4 is 11.1 Å². The number of hydrogen-bond acceptors (Lipinski definition) is 5. The van der Waals surface area contributed by atoms with E-state index in [1.165, 1.54) is 31.0 Å². The molecule has 0 aliphatic heterocycles. The molecule has 0 aromatic heterocycles. The number of benzene rings is 2. The van der Waals surface area contributed by atoms with Crippen LogP contribution in [0.1, 0.15) is 10.4 Å². The molecule has 0 saturated heterocycles. The molecule has 2 aromatic carbocycles. The fourth-order valence-corrected chi connectivity index (χ4v) is 2.78. The molecule has 0 saturated carbocycles. The van der Waals surface area contributed by atoms with E-state index in [1.54, 1.807) is 12.1 Å². The average molecular weight is 351 g/mol. The highest BCUT2D eigenvalue weighted by molar-refractivity contribution is 8.00. The van der Waals surface area contributed by atoms with Gasteiger partial charge in [-0.05, 0) is 30.3 Å². The van der Waals surface area contributed by atoms with E-state index >= 15 is 0 Å². The molecule has 0 aliphatic rings. The van der Waals surface area contributed by atoms with Crippen molar-refractivity contribution in [3.63, 3.8) is 0 Å². The predicted octanol–water partition coefficient (Wildman–Crippen LogP) is 3.44. The highest BCUT2D eigenvalue weighted by Crippen LogP contribution is 2.25. The average Bonchev–Trinajstić information content (AvgIpc) is 2.55. The van der Waals surface area contributed by atoms with Crippen LogP contribution in [0, 0.1) is 0 Å². The second kappa shape index (κ2) is 7.89. The number of nitrogen functional groups attached to an aromatic ring is 1. The van der Waals surface area contributed by atoms with Crippen LogP contribution in [0.4, 0.5) is 11.4 Å².